The Balaban J connectivity index is 1.79. The Morgan fingerprint density at radius 2 is 1.82 bits per heavy atom. The Hall–Kier alpha value is -2.20. The number of amides is 1. The van der Waals surface area contributed by atoms with E-state index >= 15 is 0 Å². The summed E-state index contributed by atoms with van der Waals surface area (Å²) in [6.07, 6.45) is 0. The van der Waals surface area contributed by atoms with Crippen LogP contribution in [0, 0.1) is 0 Å². The summed E-state index contributed by atoms with van der Waals surface area (Å²) in [5.74, 6) is 0.325. The number of benzene rings is 2. The van der Waals surface area contributed by atoms with Crippen LogP contribution in [0.3, 0.4) is 0 Å². The molecule has 0 heterocycles. The first-order chi connectivity index (χ1) is 10.6. The Bertz CT molecular complexity index is 627. The summed E-state index contributed by atoms with van der Waals surface area (Å²) in [5.41, 5.74) is 2.16. The van der Waals surface area contributed by atoms with Crippen molar-refractivity contribution in [2.75, 3.05) is 25.6 Å². The van der Waals surface area contributed by atoms with Crippen molar-refractivity contribution in [2.24, 2.45) is 0 Å². The van der Waals surface area contributed by atoms with E-state index in [1.807, 2.05) is 55.4 Å². The van der Waals surface area contributed by atoms with E-state index in [2.05, 4.69) is 5.32 Å². The molecular formula is C17H19ClN2O2. The Labute approximate surface area is 135 Å². The fraction of sp³-hybridized carbons (Fsp3) is 0.235. The molecule has 2 aromatic carbocycles. The number of para-hydroxylation sites is 1. The van der Waals surface area contributed by atoms with Crippen LogP contribution in [0.4, 0.5) is 5.69 Å². The van der Waals surface area contributed by atoms with Gasteiger partial charge >= 0.3 is 0 Å². The predicted molar refractivity (Wildman–Crippen MR) is 89.6 cm³/mol. The van der Waals surface area contributed by atoms with Gasteiger partial charge < -0.3 is 15.0 Å². The Morgan fingerprint density at radius 3 is 2.45 bits per heavy atom. The summed E-state index contributed by atoms with van der Waals surface area (Å²) < 4.78 is 5.39. The topological polar surface area (TPSA) is 41.6 Å². The zero-order chi connectivity index (χ0) is 15.9. The highest BCUT2D eigenvalue weighted by Gasteiger charge is 2.05. The van der Waals surface area contributed by atoms with Gasteiger partial charge in [0.1, 0.15) is 5.75 Å². The number of hydrogen-bond donors (Lipinski definition) is 1. The molecule has 0 fully saturated rings. The molecule has 0 unspecified atom stereocenters. The highest BCUT2D eigenvalue weighted by atomic mass is 35.5. The first kappa shape index (κ1) is 16.2. The maximum atomic E-state index is 11.8. The predicted octanol–water partition coefficient (Wildman–Crippen LogP) is 3.10. The number of nitrogens with zero attached hydrogens (tertiary/aromatic N) is 1. The standard InChI is InChI=1S/C17H19ClN2O2/c1-20(2)14-9-7-13(8-10-14)11-19-17(21)12-22-16-6-4-3-5-15(16)18/h3-10H,11-12H2,1-2H3,(H,19,21). The van der Waals surface area contributed by atoms with Crippen LogP contribution in [0.5, 0.6) is 5.75 Å². The minimum absolute atomic E-state index is 0.0560. The number of carbonyl (C=O) groups excluding carboxylic acids is 1. The van der Waals surface area contributed by atoms with Crippen LogP contribution in [0.15, 0.2) is 48.5 Å². The van der Waals surface area contributed by atoms with E-state index < -0.39 is 0 Å². The third-order valence-electron chi connectivity index (χ3n) is 3.14. The lowest BCUT2D eigenvalue weighted by Crippen LogP contribution is -2.28. The minimum atomic E-state index is -0.184. The molecule has 0 aliphatic carbocycles. The second kappa shape index (κ2) is 7.71. The van der Waals surface area contributed by atoms with Gasteiger partial charge in [-0.3, -0.25) is 4.79 Å². The number of halogens is 1. The fourth-order valence-corrected chi connectivity index (χ4v) is 2.06. The molecule has 0 aliphatic heterocycles. The van der Waals surface area contributed by atoms with Crippen LogP contribution in [-0.4, -0.2) is 26.6 Å². The molecule has 0 bridgehead atoms. The van der Waals surface area contributed by atoms with E-state index in [1.165, 1.54) is 0 Å². The molecule has 0 saturated heterocycles. The smallest absolute Gasteiger partial charge is 0.258 e. The second-order valence-electron chi connectivity index (χ2n) is 5.06. The molecular weight excluding hydrogens is 300 g/mol. The molecule has 2 rings (SSSR count). The highest BCUT2D eigenvalue weighted by molar-refractivity contribution is 6.32. The summed E-state index contributed by atoms with van der Waals surface area (Å²) in [7, 11) is 3.98. The van der Waals surface area contributed by atoms with Gasteiger partial charge in [0.05, 0.1) is 5.02 Å². The van der Waals surface area contributed by atoms with Gasteiger partial charge in [-0.25, -0.2) is 0 Å². The van der Waals surface area contributed by atoms with Crippen molar-refractivity contribution in [2.45, 2.75) is 6.54 Å². The third kappa shape index (κ3) is 4.67. The van der Waals surface area contributed by atoms with Gasteiger partial charge in [-0.15, -0.1) is 0 Å². The highest BCUT2D eigenvalue weighted by Crippen LogP contribution is 2.22. The number of anilines is 1. The summed E-state index contributed by atoms with van der Waals surface area (Å²) in [4.78, 5) is 13.8. The van der Waals surface area contributed by atoms with Gasteiger partial charge in [-0.05, 0) is 29.8 Å². The van der Waals surface area contributed by atoms with E-state index in [1.54, 1.807) is 12.1 Å². The number of rotatable bonds is 6. The van der Waals surface area contributed by atoms with Gasteiger partial charge in [0.25, 0.3) is 5.91 Å². The maximum Gasteiger partial charge on any atom is 0.258 e. The molecule has 2 aromatic rings. The summed E-state index contributed by atoms with van der Waals surface area (Å²) in [6, 6.07) is 15.1. The zero-order valence-electron chi connectivity index (χ0n) is 12.7. The molecule has 1 N–H and O–H groups in total. The van der Waals surface area contributed by atoms with Gasteiger partial charge in [-0.2, -0.15) is 0 Å². The van der Waals surface area contributed by atoms with Crippen LogP contribution < -0.4 is 15.0 Å². The first-order valence-corrected chi connectivity index (χ1v) is 7.34. The Kier molecular flexibility index (Phi) is 5.67. The van der Waals surface area contributed by atoms with Gasteiger partial charge in [0, 0.05) is 26.3 Å². The minimum Gasteiger partial charge on any atom is -0.482 e. The largest absolute Gasteiger partial charge is 0.482 e. The molecule has 0 spiro atoms. The molecule has 5 heteroatoms. The van der Waals surface area contributed by atoms with Crippen LogP contribution >= 0.6 is 11.6 Å². The third-order valence-corrected chi connectivity index (χ3v) is 3.45. The van der Waals surface area contributed by atoms with Crippen molar-refractivity contribution < 1.29 is 9.53 Å². The number of carbonyl (C=O) groups is 1. The fourth-order valence-electron chi connectivity index (χ4n) is 1.87. The molecule has 0 aromatic heterocycles. The average molecular weight is 319 g/mol. The van der Waals surface area contributed by atoms with Crippen molar-refractivity contribution in [3.8, 4) is 5.75 Å². The van der Waals surface area contributed by atoms with E-state index in [9.17, 15) is 4.79 Å². The summed E-state index contributed by atoms with van der Waals surface area (Å²) in [6.45, 7) is 0.415. The van der Waals surface area contributed by atoms with Crippen molar-refractivity contribution in [3.05, 3.63) is 59.1 Å². The monoisotopic (exact) mass is 318 g/mol. The molecule has 4 nitrogen and oxygen atoms in total. The quantitative estimate of drug-likeness (QED) is 0.890. The Morgan fingerprint density at radius 1 is 1.14 bits per heavy atom. The summed E-state index contributed by atoms with van der Waals surface area (Å²) in [5, 5.41) is 3.31. The summed E-state index contributed by atoms with van der Waals surface area (Å²) >= 11 is 5.96. The van der Waals surface area contributed by atoms with Crippen LogP contribution in [-0.2, 0) is 11.3 Å². The second-order valence-corrected chi connectivity index (χ2v) is 5.46. The molecule has 0 aliphatic rings. The maximum absolute atomic E-state index is 11.8. The average Bonchev–Trinajstić information content (AvgIpc) is 2.52. The number of nitrogens with one attached hydrogen (secondary N) is 1. The van der Waals surface area contributed by atoms with Crippen LogP contribution in [0.1, 0.15) is 5.56 Å². The first-order valence-electron chi connectivity index (χ1n) is 6.96. The molecule has 0 radical (unpaired) electrons. The lowest BCUT2D eigenvalue weighted by molar-refractivity contribution is -0.123. The van der Waals surface area contributed by atoms with Gasteiger partial charge in [-0.1, -0.05) is 35.9 Å². The molecule has 22 heavy (non-hydrogen) atoms. The molecule has 0 atom stereocenters. The normalized spacial score (nSPS) is 10.1. The van der Waals surface area contributed by atoms with Crippen molar-refractivity contribution >= 4 is 23.2 Å². The van der Waals surface area contributed by atoms with Crippen molar-refractivity contribution in [1.29, 1.82) is 0 Å². The zero-order valence-corrected chi connectivity index (χ0v) is 13.4. The lowest BCUT2D eigenvalue weighted by Gasteiger charge is -2.13. The van der Waals surface area contributed by atoms with Gasteiger partial charge in [0.2, 0.25) is 0 Å². The van der Waals surface area contributed by atoms with Crippen molar-refractivity contribution in [1.82, 2.24) is 5.32 Å². The number of hydrogen-bond acceptors (Lipinski definition) is 3. The van der Waals surface area contributed by atoms with Crippen LogP contribution in [0.25, 0.3) is 0 Å². The SMILES string of the molecule is CN(C)c1ccc(CNC(=O)COc2ccccc2Cl)cc1. The lowest BCUT2D eigenvalue weighted by atomic mass is 10.2. The molecule has 116 valence electrons. The molecule has 1 amide bonds. The van der Waals surface area contributed by atoms with Crippen LogP contribution in [0.2, 0.25) is 5.02 Å². The van der Waals surface area contributed by atoms with E-state index in [0.29, 0.717) is 17.3 Å². The number of ether oxygens (including phenoxy) is 1. The van der Waals surface area contributed by atoms with Gasteiger partial charge in [0.15, 0.2) is 6.61 Å². The van der Waals surface area contributed by atoms with E-state index in [4.69, 9.17) is 16.3 Å². The van der Waals surface area contributed by atoms with Crippen molar-refractivity contribution in [3.63, 3.8) is 0 Å². The van der Waals surface area contributed by atoms with E-state index in [-0.39, 0.29) is 12.5 Å². The molecule has 0 saturated carbocycles. The van der Waals surface area contributed by atoms with E-state index in [0.717, 1.165) is 11.3 Å².